The van der Waals surface area contributed by atoms with Gasteiger partial charge < -0.3 is 20.3 Å². The Morgan fingerprint density at radius 2 is 1.84 bits per heavy atom. The zero-order valence-corrected chi connectivity index (χ0v) is 18.0. The maximum absolute atomic E-state index is 12.2. The van der Waals surface area contributed by atoms with Gasteiger partial charge in [-0.05, 0) is 60.6 Å². The van der Waals surface area contributed by atoms with Crippen LogP contribution in [0.3, 0.4) is 0 Å². The first-order valence-corrected chi connectivity index (χ1v) is 10.8. The molecule has 162 valence electrons. The molecule has 1 fully saturated rings. The minimum atomic E-state index is -0.399. The maximum atomic E-state index is 12.2. The summed E-state index contributed by atoms with van der Waals surface area (Å²) in [5.41, 5.74) is 0. The number of ether oxygens (including phenoxy) is 1. The maximum Gasteiger partial charge on any atom is 0.412 e. The van der Waals surface area contributed by atoms with E-state index in [4.69, 9.17) is 4.74 Å². The van der Waals surface area contributed by atoms with Gasteiger partial charge in [0.2, 0.25) is 5.95 Å². The molecule has 0 aliphatic heterocycles. The minimum absolute atomic E-state index is 0.359. The monoisotopic (exact) mass is 419 g/mol. The molecule has 0 bridgehead atoms. The Labute approximate surface area is 182 Å². The fraction of sp³-hybridized carbons (Fsp3) is 0.375. The van der Waals surface area contributed by atoms with Crippen molar-refractivity contribution in [1.29, 1.82) is 0 Å². The summed E-state index contributed by atoms with van der Waals surface area (Å²) in [7, 11) is 3.94. The molecule has 0 saturated heterocycles. The Balaban J connectivity index is 1.21. The molecule has 3 aromatic rings. The van der Waals surface area contributed by atoms with Gasteiger partial charge in [0.25, 0.3) is 0 Å². The van der Waals surface area contributed by atoms with Crippen LogP contribution in [0.2, 0.25) is 0 Å². The molecule has 1 aliphatic rings. The molecule has 1 amide bonds. The van der Waals surface area contributed by atoms with Crippen molar-refractivity contribution in [1.82, 2.24) is 15.3 Å². The van der Waals surface area contributed by atoms with E-state index in [-0.39, 0.29) is 0 Å². The van der Waals surface area contributed by atoms with E-state index in [0.717, 1.165) is 42.3 Å². The van der Waals surface area contributed by atoms with Crippen molar-refractivity contribution in [2.24, 2.45) is 5.92 Å². The number of hydrogen-bond acceptors (Lipinski definition) is 6. The normalized spacial score (nSPS) is 18.4. The van der Waals surface area contributed by atoms with Gasteiger partial charge in [0.15, 0.2) is 0 Å². The van der Waals surface area contributed by atoms with Gasteiger partial charge in [0.1, 0.15) is 11.6 Å². The summed E-state index contributed by atoms with van der Waals surface area (Å²) in [6, 6.07) is 15.9. The molecule has 1 saturated carbocycles. The number of anilines is 2. The Kier molecular flexibility index (Phi) is 6.50. The highest BCUT2D eigenvalue weighted by Gasteiger charge is 2.22. The fourth-order valence-electron chi connectivity index (χ4n) is 3.96. The molecule has 0 atom stereocenters. The average Bonchev–Trinajstić information content (AvgIpc) is 2.79. The number of nitrogens with zero attached hydrogens (tertiary/aromatic N) is 3. The van der Waals surface area contributed by atoms with Gasteiger partial charge >= 0.3 is 6.09 Å². The summed E-state index contributed by atoms with van der Waals surface area (Å²) >= 11 is 0. The molecule has 2 N–H and O–H groups in total. The van der Waals surface area contributed by atoms with Gasteiger partial charge in [0.05, 0.1) is 0 Å². The summed E-state index contributed by atoms with van der Waals surface area (Å²) in [6.45, 7) is 0.631. The van der Waals surface area contributed by atoms with Crippen molar-refractivity contribution in [3.63, 3.8) is 0 Å². The van der Waals surface area contributed by atoms with Gasteiger partial charge in [-0.2, -0.15) is 4.98 Å². The van der Waals surface area contributed by atoms with Crippen molar-refractivity contribution in [3.8, 4) is 5.75 Å². The molecule has 4 rings (SSSR count). The number of carbonyl (C=O) groups excluding carboxylic acids is 1. The van der Waals surface area contributed by atoms with Gasteiger partial charge in [-0.15, -0.1) is 0 Å². The lowest BCUT2D eigenvalue weighted by molar-refractivity contribution is 0.196. The van der Waals surface area contributed by atoms with Crippen molar-refractivity contribution < 1.29 is 9.53 Å². The molecule has 31 heavy (non-hydrogen) atoms. The second-order valence-electron chi connectivity index (χ2n) is 8.27. The number of benzene rings is 2. The van der Waals surface area contributed by atoms with Crippen LogP contribution in [0, 0.1) is 5.92 Å². The number of hydrogen-bond donors (Lipinski definition) is 2. The Morgan fingerprint density at radius 1 is 1.06 bits per heavy atom. The first-order chi connectivity index (χ1) is 15.1. The molecule has 7 heteroatoms. The number of nitrogens with one attached hydrogen (secondary N) is 2. The van der Waals surface area contributed by atoms with E-state index < -0.39 is 6.09 Å². The lowest BCUT2D eigenvalue weighted by atomic mass is 9.86. The number of carbonyl (C=O) groups is 1. The second-order valence-corrected chi connectivity index (χ2v) is 8.27. The summed E-state index contributed by atoms with van der Waals surface area (Å²) in [6.07, 6.45) is 5.53. The SMILES string of the molecule is CN(C)c1ccnc(NC2CCC(CNC(=O)Oc3ccc4ccccc4c3)CC2)n1. The van der Waals surface area contributed by atoms with Gasteiger partial charge in [-0.3, -0.25) is 0 Å². The van der Waals surface area contributed by atoms with Gasteiger partial charge in [-0.25, -0.2) is 9.78 Å². The first kappa shape index (κ1) is 20.9. The summed E-state index contributed by atoms with van der Waals surface area (Å²) in [4.78, 5) is 23.0. The van der Waals surface area contributed by atoms with E-state index in [1.54, 1.807) is 6.20 Å². The predicted octanol–water partition coefficient (Wildman–Crippen LogP) is 4.46. The van der Waals surface area contributed by atoms with E-state index >= 15 is 0 Å². The van der Waals surface area contributed by atoms with Crippen LogP contribution in [0.4, 0.5) is 16.6 Å². The van der Waals surface area contributed by atoms with Crippen molar-refractivity contribution in [2.75, 3.05) is 30.9 Å². The molecule has 0 radical (unpaired) electrons. The van der Waals surface area contributed by atoms with E-state index in [2.05, 4.69) is 20.6 Å². The summed E-state index contributed by atoms with van der Waals surface area (Å²) in [5.74, 6) is 2.58. The zero-order chi connectivity index (χ0) is 21.6. The van der Waals surface area contributed by atoms with E-state index in [1.807, 2.05) is 67.5 Å². The Hall–Kier alpha value is -3.35. The summed E-state index contributed by atoms with van der Waals surface area (Å²) in [5, 5.41) is 8.55. The molecular formula is C24H29N5O2. The van der Waals surface area contributed by atoms with Crippen LogP contribution < -0.4 is 20.3 Å². The quantitative estimate of drug-likeness (QED) is 0.614. The van der Waals surface area contributed by atoms with Crippen LogP contribution in [0.1, 0.15) is 25.7 Å². The smallest absolute Gasteiger partial charge is 0.410 e. The lowest BCUT2D eigenvalue weighted by Gasteiger charge is -2.29. The largest absolute Gasteiger partial charge is 0.412 e. The fourth-order valence-corrected chi connectivity index (χ4v) is 3.96. The number of amides is 1. The number of fused-ring (bicyclic) bond motifs is 1. The highest BCUT2D eigenvalue weighted by molar-refractivity contribution is 5.84. The lowest BCUT2D eigenvalue weighted by Crippen LogP contribution is -2.35. The van der Waals surface area contributed by atoms with Crippen molar-refractivity contribution in [2.45, 2.75) is 31.7 Å². The van der Waals surface area contributed by atoms with Crippen molar-refractivity contribution in [3.05, 3.63) is 54.7 Å². The van der Waals surface area contributed by atoms with Crippen LogP contribution in [0.15, 0.2) is 54.7 Å². The average molecular weight is 420 g/mol. The standard InChI is InChI=1S/C24H29N5O2/c1-29(2)22-13-14-25-23(28-22)27-20-10-7-17(8-11-20)16-26-24(30)31-21-12-9-18-5-3-4-6-19(18)15-21/h3-6,9,12-15,17,20H,7-8,10-11,16H2,1-2H3,(H,26,30)(H,25,27,28). The molecule has 1 aromatic heterocycles. The van der Waals surface area contributed by atoms with E-state index in [1.165, 1.54) is 0 Å². The van der Waals surface area contributed by atoms with Crippen LogP contribution >= 0.6 is 0 Å². The van der Waals surface area contributed by atoms with Crippen LogP contribution in [-0.4, -0.2) is 42.7 Å². The van der Waals surface area contributed by atoms with Crippen LogP contribution in [0.25, 0.3) is 10.8 Å². The topological polar surface area (TPSA) is 79.4 Å². The van der Waals surface area contributed by atoms with E-state index in [9.17, 15) is 4.79 Å². The molecule has 7 nitrogen and oxygen atoms in total. The summed E-state index contributed by atoms with van der Waals surface area (Å²) < 4.78 is 5.46. The van der Waals surface area contributed by atoms with E-state index in [0.29, 0.717) is 30.2 Å². The zero-order valence-electron chi connectivity index (χ0n) is 18.0. The Morgan fingerprint density at radius 3 is 2.61 bits per heavy atom. The Bertz CT molecular complexity index is 1030. The highest BCUT2D eigenvalue weighted by atomic mass is 16.6. The van der Waals surface area contributed by atoms with Crippen molar-refractivity contribution >= 4 is 28.6 Å². The third-order valence-corrected chi connectivity index (χ3v) is 5.75. The molecule has 0 spiro atoms. The minimum Gasteiger partial charge on any atom is -0.410 e. The molecule has 2 aromatic carbocycles. The molecular weight excluding hydrogens is 390 g/mol. The molecule has 1 heterocycles. The predicted molar refractivity (Wildman–Crippen MR) is 124 cm³/mol. The van der Waals surface area contributed by atoms with Gasteiger partial charge in [-0.1, -0.05) is 30.3 Å². The van der Waals surface area contributed by atoms with Crippen LogP contribution in [0.5, 0.6) is 5.75 Å². The molecule has 1 aliphatic carbocycles. The van der Waals surface area contributed by atoms with Crippen LogP contribution in [-0.2, 0) is 0 Å². The first-order valence-electron chi connectivity index (χ1n) is 10.8. The third kappa shape index (κ3) is 5.63. The number of aromatic nitrogens is 2. The third-order valence-electron chi connectivity index (χ3n) is 5.75. The highest BCUT2D eigenvalue weighted by Crippen LogP contribution is 2.26. The number of rotatable bonds is 6. The van der Waals surface area contributed by atoms with Gasteiger partial charge in [0, 0.05) is 32.9 Å². The molecule has 0 unspecified atom stereocenters. The second kappa shape index (κ2) is 9.64.